The van der Waals surface area contributed by atoms with Gasteiger partial charge in [0.25, 0.3) is 11.1 Å². The van der Waals surface area contributed by atoms with Crippen LogP contribution >= 0.6 is 0 Å². The van der Waals surface area contributed by atoms with E-state index < -0.39 is 0 Å². The maximum absolute atomic E-state index is 12.3. The van der Waals surface area contributed by atoms with Crippen molar-refractivity contribution in [1.29, 1.82) is 0 Å². The Bertz CT molecular complexity index is 927. The maximum Gasteiger partial charge on any atom is 0.263 e. The van der Waals surface area contributed by atoms with E-state index in [1.807, 2.05) is 12.1 Å². The molecular formula is C14H8N2O2. The van der Waals surface area contributed by atoms with Crippen molar-refractivity contribution in [3.63, 3.8) is 0 Å². The number of pyridine rings is 2. The van der Waals surface area contributed by atoms with E-state index in [-0.39, 0.29) is 11.1 Å². The summed E-state index contributed by atoms with van der Waals surface area (Å²) >= 11 is 0. The van der Waals surface area contributed by atoms with E-state index in [4.69, 9.17) is 0 Å². The molecule has 18 heavy (non-hydrogen) atoms. The minimum atomic E-state index is -0.145. The van der Waals surface area contributed by atoms with Gasteiger partial charge in [0.2, 0.25) is 0 Å². The number of fused-ring (bicyclic) bond motifs is 3. The van der Waals surface area contributed by atoms with E-state index in [9.17, 15) is 9.59 Å². The Kier molecular flexibility index (Phi) is 1.56. The maximum atomic E-state index is 12.3. The van der Waals surface area contributed by atoms with Crippen LogP contribution in [0.5, 0.6) is 0 Å². The molecule has 0 N–H and O–H groups in total. The molecule has 0 saturated heterocycles. The Hall–Kier alpha value is -2.62. The zero-order valence-corrected chi connectivity index (χ0v) is 9.33. The van der Waals surface area contributed by atoms with Gasteiger partial charge in [-0.2, -0.15) is 0 Å². The van der Waals surface area contributed by atoms with Gasteiger partial charge in [0.05, 0.1) is 10.8 Å². The van der Waals surface area contributed by atoms with Crippen molar-refractivity contribution >= 4 is 21.8 Å². The zero-order chi connectivity index (χ0) is 12.3. The standard InChI is InChI=1S/C14H8N2O2/c17-13-12-8-10-4-2-6-16(10)14(18)11(12)7-9-3-1-5-15(9)13/h1-8H. The van der Waals surface area contributed by atoms with Crippen molar-refractivity contribution in [2.45, 2.75) is 0 Å². The molecule has 0 atom stereocenters. The van der Waals surface area contributed by atoms with Gasteiger partial charge in [-0.15, -0.1) is 0 Å². The predicted molar refractivity (Wildman–Crippen MR) is 69.6 cm³/mol. The van der Waals surface area contributed by atoms with Crippen molar-refractivity contribution in [1.82, 2.24) is 8.80 Å². The number of nitrogens with zero attached hydrogens (tertiary/aromatic N) is 2. The zero-order valence-electron chi connectivity index (χ0n) is 9.33. The van der Waals surface area contributed by atoms with E-state index in [1.165, 1.54) is 0 Å². The number of hydrogen-bond donors (Lipinski definition) is 0. The fourth-order valence-corrected chi connectivity index (χ4v) is 2.46. The second-order valence-corrected chi connectivity index (χ2v) is 4.33. The molecule has 4 rings (SSSR count). The monoisotopic (exact) mass is 236 g/mol. The van der Waals surface area contributed by atoms with Gasteiger partial charge in [0.15, 0.2) is 0 Å². The lowest BCUT2D eigenvalue weighted by Crippen LogP contribution is -2.18. The molecule has 4 heteroatoms. The molecule has 0 saturated carbocycles. The van der Waals surface area contributed by atoms with E-state index in [1.54, 1.807) is 45.5 Å². The van der Waals surface area contributed by atoms with E-state index in [2.05, 4.69) is 0 Å². The second-order valence-electron chi connectivity index (χ2n) is 4.33. The Morgan fingerprint density at radius 1 is 0.722 bits per heavy atom. The van der Waals surface area contributed by atoms with Crippen LogP contribution in [0.2, 0.25) is 0 Å². The molecule has 0 aliphatic rings. The first-order valence-electron chi connectivity index (χ1n) is 5.63. The topological polar surface area (TPSA) is 43.0 Å². The molecule has 0 aromatic carbocycles. The first-order chi connectivity index (χ1) is 8.75. The third-order valence-corrected chi connectivity index (χ3v) is 3.33. The molecule has 0 fully saturated rings. The van der Waals surface area contributed by atoms with Crippen molar-refractivity contribution < 1.29 is 0 Å². The molecule has 4 heterocycles. The van der Waals surface area contributed by atoms with E-state index >= 15 is 0 Å². The summed E-state index contributed by atoms with van der Waals surface area (Å²) in [5, 5.41) is 0.935. The Balaban J connectivity index is 2.44. The molecule has 0 aliphatic carbocycles. The highest BCUT2D eigenvalue weighted by Gasteiger charge is 2.09. The largest absolute Gasteiger partial charge is 0.284 e. The summed E-state index contributed by atoms with van der Waals surface area (Å²) in [5.41, 5.74) is 1.20. The van der Waals surface area contributed by atoms with E-state index in [0.717, 1.165) is 11.0 Å². The van der Waals surface area contributed by atoms with Crippen LogP contribution in [0.3, 0.4) is 0 Å². The minimum absolute atomic E-state index is 0.145. The lowest BCUT2D eigenvalue weighted by atomic mass is 10.2. The van der Waals surface area contributed by atoms with Crippen molar-refractivity contribution in [2.75, 3.05) is 0 Å². The smallest absolute Gasteiger partial charge is 0.263 e. The van der Waals surface area contributed by atoms with Crippen molar-refractivity contribution in [3.8, 4) is 0 Å². The van der Waals surface area contributed by atoms with Gasteiger partial charge >= 0.3 is 0 Å². The molecule has 0 amide bonds. The summed E-state index contributed by atoms with van der Waals surface area (Å²) in [5.74, 6) is 0. The van der Waals surface area contributed by atoms with Gasteiger partial charge in [0, 0.05) is 23.4 Å². The normalized spacial score (nSPS) is 11.8. The summed E-state index contributed by atoms with van der Waals surface area (Å²) in [6, 6.07) is 10.8. The van der Waals surface area contributed by atoms with Crippen LogP contribution in [0.1, 0.15) is 0 Å². The van der Waals surface area contributed by atoms with Crippen molar-refractivity contribution in [3.05, 3.63) is 69.5 Å². The summed E-state index contributed by atoms with van der Waals surface area (Å²) in [6.45, 7) is 0. The van der Waals surface area contributed by atoms with Gasteiger partial charge < -0.3 is 0 Å². The van der Waals surface area contributed by atoms with Crippen LogP contribution in [-0.2, 0) is 0 Å². The van der Waals surface area contributed by atoms with Gasteiger partial charge in [-0.05, 0) is 36.4 Å². The average Bonchev–Trinajstić information content (AvgIpc) is 2.99. The van der Waals surface area contributed by atoms with Crippen LogP contribution in [0.4, 0.5) is 0 Å². The number of rotatable bonds is 0. The summed E-state index contributed by atoms with van der Waals surface area (Å²) in [4.78, 5) is 24.6. The third-order valence-electron chi connectivity index (χ3n) is 3.33. The Morgan fingerprint density at radius 2 is 1.17 bits per heavy atom. The molecule has 0 spiro atoms. The first kappa shape index (κ1) is 9.41. The Morgan fingerprint density at radius 3 is 1.61 bits per heavy atom. The highest BCUT2D eigenvalue weighted by molar-refractivity contribution is 5.87. The summed E-state index contributed by atoms with van der Waals surface area (Å²) in [6.07, 6.45) is 3.42. The van der Waals surface area contributed by atoms with Crippen molar-refractivity contribution in [2.24, 2.45) is 0 Å². The molecular weight excluding hydrogens is 228 g/mol. The predicted octanol–water partition coefficient (Wildman–Crippen LogP) is 1.50. The molecule has 0 bridgehead atoms. The second kappa shape index (κ2) is 2.98. The molecule has 4 nitrogen and oxygen atoms in total. The molecule has 4 aromatic heterocycles. The van der Waals surface area contributed by atoms with Crippen LogP contribution in [0.15, 0.2) is 58.4 Å². The molecule has 0 unspecified atom stereocenters. The molecule has 4 aromatic rings. The van der Waals surface area contributed by atoms with Crippen LogP contribution in [-0.4, -0.2) is 8.80 Å². The lowest BCUT2D eigenvalue weighted by molar-refractivity contribution is 1.12. The van der Waals surface area contributed by atoms with Crippen LogP contribution in [0, 0.1) is 0 Å². The fraction of sp³-hybridized carbons (Fsp3) is 0. The quantitative estimate of drug-likeness (QED) is 0.464. The Labute approximate surface area is 101 Å². The minimum Gasteiger partial charge on any atom is -0.284 e. The van der Waals surface area contributed by atoms with Crippen LogP contribution < -0.4 is 11.1 Å². The van der Waals surface area contributed by atoms with Gasteiger partial charge in [-0.3, -0.25) is 18.4 Å². The van der Waals surface area contributed by atoms with Gasteiger partial charge in [-0.1, -0.05) is 0 Å². The molecule has 86 valence electrons. The lowest BCUT2D eigenvalue weighted by Gasteiger charge is -2.01. The number of aromatic nitrogens is 2. The summed E-state index contributed by atoms with van der Waals surface area (Å²) < 4.78 is 3.11. The SMILES string of the molecule is O=c1c2cc3cccn3c(=O)c2cc2cccn12. The van der Waals surface area contributed by atoms with Crippen LogP contribution in [0.25, 0.3) is 21.8 Å². The highest BCUT2D eigenvalue weighted by Crippen LogP contribution is 2.13. The average molecular weight is 236 g/mol. The number of hydrogen-bond acceptors (Lipinski definition) is 2. The van der Waals surface area contributed by atoms with E-state index in [0.29, 0.717) is 10.8 Å². The molecule has 0 aliphatic heterocycles. The summed E-state index contributed by atoms with van der Waals surface area (Å²) in [7, 11) is 0. The molecule has 0 radical (unpaired) electrons. The highest BCUT2D eigenvalue weighted by atomic mass is 16.1. The first-order valence-corrected chi connectivity index (χ1v) is 5.63. The van der Waals surface area contributed by atoms with Gasteiger partial charge in [-0.25, -0.2) is 0 Å². The fourth-order valence-electron chi connectivity index (χ4n) is 2.46. The van der Waals surface area contributed by atoms with Gasteiger partial charge in [0.1, 0.15) is 0 Å². The third kappa shape index (κ3) is 0.996.